The first-order valence-corrected chi connectivity index (χ1v) is 5.05. The van der Waals surface area contributed by atoms with Gasteiger partial charge in [-0.25, -0.2) is 0 Å². The fraction of sp³-hybridized carbons (Fsp3) is 0.727. The Morgan fingerprint density at radius 1 is 1.38 bits per heavy atom. The Bertz CT molecular complexity index is 216. The van der Waals surface area contributed by atoms with E-state index in [1.807, 2.05) is 0 Å². The van der Waals surface area contributed by atoms with Crippen molar-refractivity contribution in [2.75, 3.05) is 0 Å². The van der Waals surface area contributed by atoms with Crippen LogP contribution in [0.25, 0.3) is 0 Å². The molecule has 2 nitrogen and oxygen atoms in total. The maximum absolute atomic E-state index is 8.55. The van der Waals surface area contributed by atoms with Crippen LogP contribution in [-0.4, -0.2) is 11.4 Å². The molecule has 0 spiro atoms. The first-order chi connectivity index (χ1) is 6.17. The molecule has 0 aromatic rings. The summed E-state index contributed by atoms with van der Waals surface area (Å²) < 4.78 is 0. The summed E-state index contributed by atoms with van der Waals surface area (Å²) in [5.41, 5.74) is 1.35. The smallest absolute Gasteiger partial charge is 0.0532 e. The highest BCUT2D eigenvalue weighted by Gasteiger charge is 2.21. The third-order valence-corrected chi connectivity index (χ3v) is 2.75. The zero-order valence-corrected chi connectivity index (χ0v) is 8.58. The van der Waals surface area contributed by atoms with Crippen molar-refractivity contribution >= 4 is 6.21 Å². The molecule has 1 aliphatic rings. The second-order valence-electron chi connectivity index (χ2n) is 4.29. The van der Waals surface area contributed by atoms with Crippen LogP contribution in [0.4, 0.5) is 0 Å². The van der Waals surface area contributed by atoms with Crippen LogP contribution < -0.4 is 0 Å². The lowest BCUT2D eigenvalue weighted by Crippen LogP contribution is -2.16. The quantitative estimate of drug-likeness (QED) is 0.301. The van der Waals surface area contributed by atoms with Gasteiger partial charge in [-0.2, -0.15) is 0 Å². The average molecular weight is 181 g/mol. The van der Waals surface area contributed by atoms with Gasteiger partial charge in [0.05, 0.1) is 6.21 Å². The van der Waals surface area contributed by atoms with Crippen molar-refractivity contribution in [3.63, 3.8) is 0 Å². The molecule has 0 amide bonds. The molecule has 0 radical (unpaired) electrons. The summed E-state index contributed by atoms with van der Waals surface area (Å²) in [7, 11) is 0. The van der Waals surface area contributed by atoms with Crippen molar-refractivity contribution < 1.29 is 5.21 Å². The van der Waals surface area contributed by atoms with Crippen LogP contribution in [0.2, 0.25) is 0 Å². The number of nitrogens with zero attached hydrogens (tertiary/aromatic N) is 1. The molecule has 0 atom stereocenters. The van der Waals surface area contributed by atoms with Gasteiger partial charge in [0, 0.05) is 5.41 Å². The number of hydrogen-bond acceptors (Lipinski definition) is 2. The minimum atomic E-state index is -0.0703. The highest BCUT2D eigenvalue weighted by molar-refractivity contribution is 5.68. The molecule has 0 aromatic heterocycles. The van der Waals surface area contributed by atoms with Gasteiger partial charge in [-0.15, -0.1) is 5.16 Å². The Labute approximate surface area is 80.3 Å². The molecular weight excluding hydrogens is 162 g/mol. The highest BCUT2D eigenvalue weighted by Crippen LogP contribution is 2.31. The summed E-state index contributed by atoms with van der Waals surface area (Å²) in [4.78, 5) is 0. The van der Waals surface area contributed by atoms with Gasteiger partial charge < -0.3 is 5.21 Å². The zero-order valence-electron chi connectivity index (χ0n) is 8.58. The van der Waals surface area contributed by atoms with Gasteiger partial charge in [-0.3, -0.25) is 0 Å². The Morgan fingerprint density at radius 3 is 2.85 bits per heavy atom. The van der Waals surface area contributed by atoms with Gasteiger partial charge in [0.2, 0.25) is 0 Å². The number of allylic oxidation sites excluding steroid dienone is 2. The summed E-state index contributed by atoms with van der Waals surface area (Å²) in [6, 6.07) is 0. The molecule has 0 unspecified atom stereocenters. The maximum Gasteiger partial charge on any atom is 0.0532 e. The molecule has 0 aromatic carbocycles. The molecule has 1 N–H and O–H groups in total. The molecule has 13 heavy (non-hydrogen) atoms. The van der Waals surface area contributed by atoms with Crippen LogP contribution in [0.5, 0.6) is 0 Å². The van der Waals surface area contributed by atoms with E-state index < -0.39 is 0 Å². The van der Waals surface area contributed by atoms with Gasteiger partial charge in [-0.1, -0.05) is 31.9 Å². The van der Waals surface area contributed by atoms with Gasteiger partial charge in [-0.05, 0) is 25.7 Å². The van der Waals surface area contributed by atoms with E-state index in [1.165, 1.54) is 31.3 Å². The fourth-order valence-electron chi connectivity index (χ4n) is 1.83. The van der Waals surface area contributed by atoms with Crippen LogP contribution in [-0.2, 0) is 0 Å². The average Bonchev–Trinajstić information content (AvgIpc) is 2.31. The predicted octanol–water partition coefficient (Wildman–Crippen LogP) is 3.36. The van der Waals surface area contributed by atoms with Crippen molar-refractivity contribution in [1.82, 2.24) is 0 Å². The van der Waals surface area contributed by atoms with Gasteiger partial charge in [0.15, 0.2) is 0 Å². The van der Waals surface area contributed by atoms with E-state index in [1.54, 1.807) is 6.21 Å². The van der Waals surface area contributed by atoms with Crippen LogP contribution in [0, 0.1) is 5.41 Å². The summed E-state index contributed by atoms with van der Waals surface area (Å²) in [6.07, 6.45) is 10.2. The molecule has 1 aliphatic carbocycles. The molecular formula is C11H19NO. The summed E-state index contributed by atoms with van der Waals surface area (Å²) >= 11 is 0. The van der Waals surface area contributed by atoms with Gasteiger partial charge in [0.1, 0.15) is 0 Å². The monoisotopic (exact) mass is 181 g/mol. The molecule has 0 heterocycles. The normalized spacial score (nSPS) is 20.0. The molecule has 74 valence electrons. The van der Waals surface area contributed by atoms with Crippen LogP contribution in [0.1, 0.15) is 46.0 Å². The second kappa shape index (κ2) is 4.45. The van der Waals surface area contributed by atoms with Crippen LogP contribution in [0.15, 0.2) is 16.8 Å². The van der Waals surface area contributed by atoms with E-state index >= 15 is 0 Å². The van der Waals surface area contributed by atoms with E-state index in [9.17, 15) is 0 Å². The topological polar surface area (TPSA) is 32.6 Å². The third-order valence-electron chi connectivity index (χ3n) is 2.75. The fourth-order valence-corrected chi connectivity index (χ4v) is 1.83. The molecule has 1 rings (SSSR count). The largest absolute Gasteiger partial charge is 0.411 e. The van der Waals surface area contributed by atoms with Crippen molar-refractivity contribution in [3.05, 3.63) is 11.6 Å². The zero-order chi connectivity index (χ0) is 9.73. The Kier molecular flexibility index (Phi) is 3.52. The number of hydrogen-bond donors (Lipinski definition) is 1. The van der Waals surface area contributed by atoms with Gasteiger partial charge in [0.25, 0.3) is 0 Å². The Hall–Kier alpha value is -0.790. The van der Waals surface area contributed by atoms with E-state index in [0.29, 0.717) is 0 Å². The Balaban J connectivity index is 2.72. The van der Waals surface area contributed by atoms with Gasteiger partial charge >= 0.3 is 0 Å². The predicted molar refractivity (Wildman–Crippen MR) is 55.2 cm³/mol. The Morgan fingerprint density at radius 2 is 2.15 bits per heavy atom. The first kappa shape index (κ1) is 10.3. The molecule has 0 bridgehead atoms. The maximum atomic E-state index is 8.55. The lowest BCUT2D eigenvalue weighted by molar-refractivity contribution is 0.315. The minimum absolute atomic E-state index is 0.0703. The van der Waals surface area contributed by atoms with E-state index in [-0.39, 0.29) is 5.41 Å². The summed E-state index contributed by atoms with van der Waals surface area (Å²) in [5.74, 6) is 0. The second-order valence-corrected chi connectivity index (χ2v) is 4.29. The summed E-state index contributed by atoms with van der Waals surface area (Å²) in [6.45, 7) is 4.20. The molecule has 2 heteroatoms. The van der Waals surface area contributed by atoms with Crippen molar-refractivity contribution in [2.24, 2.45) is 10.6 Å². The highest BCUT2D eigenvalue weighted by atomic mass is 16.4. The van der Waals surface area contributed by atoms with Crippen LogP contribution >= 0.6 is 0 Å². The van der Waals surface area contributed by atoms with Crippen molar-refractivity contribution in [2.45, 2.75) is 46.0 Å². The standard InChI is InChI=1S/C11H19NO/c1-11(2,9-12-13)10-7-5-3-4-6-8-10/h7,9,13H,3-6,8H2,1-2H3. The van der Waals surface area contributed by atoms with E-state index in [4.69, 9.17) is 5.21 Å². The first-order valence-electron chi connectivity index (χ1n) is 5.05. The lowest BCUT2D eigenvalue weighted by atomic mass is 9.83. The lowest BCUT2D eigenvalue weighted by Gasteiger charge is -2.22. The molecule has 0 saturated heterocycles. The van der Waals surface area contributed by atoms with E-state index in [2.05, 4.69) is 25.1 Å². The van der Waals surface area contributed by atoms with Crippen molar-refractivity contribution in [1.29, 1.82) is 0 Å². The van der Waals surface area contributed by atoms with Crippen molar-refractivity contribution in [3.8, 4) is 0 Å². The number of oxime groups is 1. The number of rotatable bonds is 2. The summed E-state index contributed by atoms with van der Waals surface area (Å²) in [5, 5.41) is 11.7. The minimum Gasteiger partial charge on any atom is -0.411 e. The third kappa shape index (κ3) is 2.87. The SMILES string of the molecule is CC(C)(C=NO)C1=CCCCCC1. The van der Waals surface area contributed by atoms with E-state index in [0.717, 1.165) is 6.42 Å². The molecule has 0 aliphatic heterocycles. The molecule has 0 saturated carbocycles. The molecule has 0 fully saturated rings. The van der Waals surface area contributed by atoms with Crippen LogP contribution in [0.3, 0.4) is 0 Å².